The molecule has 0 aromatic heterocycles. The molecular formula is C19H30N4O4. The summed E-state index contributed by atoms with van der Waals surface area (Å²) in [6, 6.07) is 5.82. The van der Waals surface area contributed by atoms with E-state index in [1.54, 1.807) is 43.2 Å². The zero-order chi connectivity index (χ0) is 20.4. The second-order valence-electron chi connectivity index (χ2n) is 6.61. The highest BCUT2D eigenvalue weighted by molar-refractivity contribution is 5.97. The molecule has 8 heteroatoms. The number of ether oxygens (including phenoxy) is 1. The van der Waals surface area contributed by atoms with Crippen LogP contribution in [-0.4, -0.2) is 55.5 Å². The monoisotopic (exact) mass is 378 g/mol. The number of nitrogens with zero attached hydrogens (tertiary/aromatic N) is 1. The van der Waals surface area contributed by atoms with Gasteiger partial charge in [0.15, 0.2) is 0 Å². The van der Waals surface area contributed by atoms with Crippen LogP contribution in [0.15, 0.2) is 24.3 Å². The molecule has 0 heterocycles. The van der Waals surface area contributed by atoms with Crippen LogP contribution in [0.25, 0.3) is 0 Å². The number of likely N-dealkylation sites (N-methyl/N-ethyl adjacent to an activating group) is 1. The van der Waals surface area contributed by atoms with Crippen LogP contribution >= 0.6 is 0 Å². The third-order valence-electron chi connectivity index (χ3n) is 3.96. The van der Waals surface area contributed by atoms with Crippen molar-refractivity contribution in [2.75, 3.05) is 32.1 Å². The van der Waals surface area contributed by atoms with Crippen LogP contribution in [0.1, 0.15) is 27.7 Å². The highest BCUT2D eigenvalue weighted by Gasteiger charge is 2.23. The van der Waals surface area contributed by atoms with Crippen molar-refractivity contribution in [1.29, 1.82) is 0 Å². The fraction of sp³-hybridized carbons (Fsp3) is 0.526. The van der Waals surface area contributed by atoms with Gasteiger partial charge in [0.2, 0.25) is 11.8 Å². The summed E-state index contributed by atoms with van der Waals surface area (Å²) in [5.41, 5.74) is 0.641. The van der Waals surface area contributed by atoms with E-state index < -0.39 is 18.0 Å². The van der Waals surface area contributed by atoms with Crippen molar-refractivity contribution < 1.29 is 19.1 Å². The Balaban J connectivity index is 2.55. The number of carbonyl (C=O) groups is 3. The Morgan fingerprint density at radius 1 is 1.11 bits per heavy atom. The summed E-state index contributed by atoms with van der Waals surface area (Å²) in [4.78, 5) is 37.9. The van der Waals surface area contributed by atoms with E-state index in [2.05, 4.69) is 16.0 Å². The number of amides is 4. The normalized spacial score (nSPS) is 11.8. The van der Waals surface area contributed by atoms with E-state index in [1.165, 1.54) is 0 Å². The molecule has 1 unspecified atom stereocenters. The van der Waals surface area contributed by atoms with Gasteiger partial charge in [0.1, 0.15) is 5.75 Å². The van der Waals surface area contributed by atoms with E-state index in [0.29, 0.717) is 24.5 Å². The van der Waals surface area contributed by atoms with Crippen LogP contribution in [0.3, 0.4) is 0 Å². The number of anilines is 1. The molecule has 0 fully saturated rings. The number of rotatable bonds is 9. The van der Waals surface area contributed by atoms with Gasteiger partial charge in [-0.15, -0.1) is 0 Å². The van der Waals surface area contributed by atoms with Crippen LogP contribution in [0.5, 0.6) is 5.75 Å². The number of benzene rings is 1. The predicted octanol–water partition coefficient (Wildman–Crippen LogP) is 1.83. The van der Waals surface area contributed by atoms with Crippen molar-refractivity contribution in [3.8, 4) is 5.75 Å². The maximum Gasteiger partial charge on any atom is 0.321 e. The van der Waals surface area contributed by atoms with Gasteiger partial charge in [-0.3, -0.25) is 19.8 Å². The Morgan fingerprint density at radius 2 is 1.74 bits per heavy atom. The highest BCUT2D eigenvalue weighted by Crippen LogP contribution is 2.15. The molecular weight excluding hydrogens is 348 g/mol. The SMILES string of the molecule is CCN(CC(=O)Nc1ccc(OC)cc1)C(C)C(=O)NC(=O)NCC(C)C. The quantitative estimate of drug-likeness (QED) is 0.609. The molecule has 1 aromatic rings. The topological polar surface area (TPSA) is 99.8 Å². The number of carbonyl (C=O) groups excluding carboxylic acids is 3. The van der Waals surface area contributed by atoms with Crippen LogP contribution < -0.4 is 20.7 Å². The highest BCUT2D eigenvalue weighted by atomic mass is 16.5. The molecule has 0 bridgehead atoms. The number of nitrogens with one attached hydrogen (secondary N) is 3. The average Bonchev–Trinajstić information content (AvgIpc) is 2.64. The number of hydrogen-bond donors (Lipinski definition) is 3. The molecule has 0 aliphatic carbocycles. The summed E-state index contributed by atoms with van der Waals surface area (Å²) < 4.78 is 5.08. The van der Waals surface area contributed by atoms with Gasteiger partial charge in [-0.05, 0) is 43.7 Å². The molecule has 150 valence electrons. The number of hydrogen-bond acceptors (Lipinski definition) is 5. The zero-order valence-corrected chi connectivity index (χ0v) is 16.7. The molecule has 8 nitrogen and oxygen atoms in total. The van der Waals surface area contributed by atoms with E-state index in [4.69, 9.17) is 4.74 Å². The van der Waals surface area contributed by atoms with Crippen LogP contribution in [0.4, 0.5) is 10.5 Å². The first kappa shape index (κ1) is 22.4. The summed E-state index contributed by atoms with van der Waals surface area (Å²) >= 11 is 0. The van der Waals surface area contributed by atoms with Crippen molar-refractivity contribution in [1.82, 2.24) is 15.5 Å². The minimum absolute atomic E-state index is 0.0325. The lowest BCUT2D eigenvalue weighted by Crippen LogP contribution is -2.51. The van der Waals surface area contributed by atoms with E-state index in [-0.39, 0.29) is 18.4 Å². The van der Waals surface area contributed by atoms with E-state index in [1.807, 2.05) is 20.8 Å². The second kappa shape index (κ2) is 11.2. The number of urea groups is 1. The lowest BCUT2D eigenvalue weighted by Gasteiger charge is -2.26. The van der Waals surface area contributed by atoms with E-state index in [9.17, 15) is 14.4 Å². The number of imide groups is 1. The maximum atomic E-state index is 12.3. The van der Waals surface area contributed by atoms with Gasteiger partial charge in [-0.25, -0.2) is 4.79 Å². The number of methoxy groups -OCH3 is 1. The van der Waals surface area contributed by atoms with E-state index >= 15 is 0 Å². The predicted molar refractivity (Wildman–Crippen MR) is 105 cm³/mol. The molecule has 1 aromatic carbocycles. The molecule has 1 atom stereocenters. The lowest BCUT2D eigenvalue weighted by atomic mass is 10.2. The molecule has 27 heavy (non-hydrogen) atoms. The van der Waals surface area contributed by atoms with E-state index in [0.717, 1.165) is 0 Å². The van der Waals surface area contributed by atoms with Gasteiger partial charge in [-0.2, -0.15) is 0 Å². The first-order valence-electron chi connectivity index (χ1n) is 9.03. The summed E-state index contributed by atoms with van der Waals surface area (Å²) in [6.07, 6.45) is 0. The van der Waals surface area contributed by atoms with Crippen LogP contribution in [-0.2, 0) is 9.59 Å². The van der Waals surface area contributed by atoms with Gasteiger partial charge >= 0.3 is 6.03 Å². The third-order valence-corrected chi connectivity index (χ3v) is 3.96. The molecule has 0 radical (unpaired) electrons. The Hall–Kier alpha value is -2.61. The second-order valence-corrected chi connectivity index (χ2v) is 6.61. The van der Waals surface area contributed by atoms with Crippen molar-refractivity contribution in [2.24, 2.45) is 5.92 Å². The molecule has 0 aliphatic heterocycles. The Bertz CT molecular complexity index is 631. The summed E-state index contributed by atoms with van der Waals surface area (Å²) in [5, 5.41) is 7.72. The average molecular weight is 378 g/mol. The molecule has 0 saturated heterocycles. The molecule has 1 rings (SSSR count). The first-order valence-corrected chi connectivity index (χ1v) is 9.03. The van der Waals surface area contributed by atoms with Crippen LogP contribution in [0, 0.1) is 5.92 Å². The molecule has 0 spiro atoms. The van der Waals surface area contributed by atoms with Gasteiger partial charge in [-0.1, -0.05) is 20.8 Å². The molecule has 0 aliphatic rings. The summed E-state index contributed by atoms with van der Waals surface area (Å²) in [7, 11) is 1.57. The van der Waals surface area contributed by atoms with Gasteiger partial charge in [0, 0.05) is 12.2 Å². The molecule has 3 N–H and O–H groups in total. The summed E-state index contributed by atoms with van der Waals surface area (Å²) in [6.45, 7) is 8.44. The first-order chi connectivity index (χ1) is 12.8. The van der Waals surface area contributed by atoms with Crippen molar-refractivity contribution in [3.63, 3.8) is 0 Å². The molecule has 0 saturated carbocycles. The Kier molecular flexibility index (Phi) is 9.29. The third kappa shape index (κ3) is 8.08. The zero-order valence-electron chi connectivity index (χ0n) is 16.7. The minimum Gasteiger partial charge on any atom is -0.497 e. The fourth-order valence-electron chi connectivity index (χ4n) is 2.31. The van der Waals surface area contributed by atoms with Gasteiger partial charge in [0.05, 0.1) is 19.7 Å². The molecule has 4 amide bonds. The van der Waals surface area contributed by atoms with Crippen molar-refractivity contribution >= 4 is 23.5 Å². The largest absolute Gasteiger partial charge is 0.497 e. The maximum absolute atomic E-state index is 12.3. The minimum atomic E-state index is -0.624. The smallest absolute Gasteiger partial charge is 0.321 e. The Morgan fingerprint density at radius 3 is 2.26 bits per heavy atom. The van der Waals surface area contributed by atoms with Crippen molar-refractivity contribution in [2.45, 2.75) is 33.7 Å². The fourth-order valence-corrected chi connectivity index (χ4v) is 2.31. The lowest BCUT2D eigenvalue weighted by molar-refractivity contribution is -0.126. The van der Waals surface area contributed by atoms with Crippen molar-refractivity contribution in [3.05, 3.63) is 24.3 Å². The van der Waals surface area contributed by atoms with Gasteiger partial charge in [0.25, 0.3) is 0 Å². The van der Waals surface area contributed by atoms with Gasteiger partial charge < -0.3 is 15.4 Å². The summed E-state index contributed by atoms with van der Waals surface area (Å²) in [5.74, 6) is 0.294. The Labute approximate surface area is 160 Å². The van der Waals surface area contributed by atoms with Crippen LogP contribution in [0.2, 0.25) is 0 Å². The standard InChI is InChI=1S/C19H30N4O4/c1-6-23(14(4)18(25)22-19(26)20-11-13(2)3)12-17(24)21-15-7-9-16(27-5)10-8-15/h7-10,13-14H,6,11-12H2,1-5H3,(H,21,24)(H2,20,22,25,26).